The van der Waals surface area contributed by atoms with E-state index >= 15 is 0 Å². The van der Waals surface area contributed by atoms with Crippen LogP contribution in [0.2, 0.25) is 0 Å². The molecular weight excluding hydrogens is 699 g/mol. The summed E-state index contributed by atoms with van der Waals surface area (Å²) in [5, 5.41) is 0. The normalized spacial score (nSPS) is 14.4. The van der Waals surface area contributed by atoms with Gasteiger partial charge < -0.3 is 4.90 Å². The van der Waals surface area contributed by atoms with E-state index in [2.05, 4.69) is 213 Å². The van der Waals surface area contributed by atoms with Gasteiger partial charge in [-0.05, 0) is 116 Å². The van der Waals surface area contributed by atoms with Gasteiger partial charge in [-0.25, -0.2) is 0 Å². The standard InChI is InChI=1S/C57H49N/c1-57(2)53-31-16-14-27-50(53)51-38-37-45(39-54(51)57)58(55-32-17-15-28-52(55)49-26-13-12-25-46(49)40-19-6-3-7-20-40)44-35-33-43(34-36-44)56-47(41-21-8-4-9-22-41)29-18-30-48(56)42-23-10-5-11-24-42/h4-5,8-18,21-40H,3,6-7,19-20H2,1-2H3. The van der Waals surface area contributed by atoms with Crippen LogP contribution in [0.5, 0.6) is 0 Å². The van der Waals surface area contributed by atoms with Gasteiger partial charge in [0.05, 0.1) is 5.69 Å². The van der Waals surface area contributed by atoms with E-state index < -0.39 is 0 Å². The van der Waals surface area contributed by atoms with Crippen molar-refractivity contribution >= 4 is 17.1 Å². The van der Waals surface area contributed by atoms with Crippen LogP contribution in [0.1, 0.15) is 68.6 Å². The summed E-state index contributed by atoms with van der Waals surface area (Å²) in [6.45, 7) is 4.76. The summed E-state index contributed by atoms with van der Waals surface area (Å²) in [7, 11) is 0. The van der Waals surface area contributed by atoms with Gasteiger partial charge in [-0.15, -0.1) is 0 Å². The average molecular weight is 748 g/mol. The third-order valence-corrected chi connectivity index (χ3v) is 12.9. The number of nitrogens with zero attached hydrogens (tertiary/aromatic N) is 1. The summed E-state index contributed by atoms with van der Waals surface area (Å²) in [5.74, 6) is 0.591. The second kappa shape index (κ2) is 15.1. The molecular formula is C57H49N. The molecule has 282 valence electrons. The van der Waals surface area contributed by atoms with Crippen molar-refractivity contribution in [3.05, 3.63) is 211 Å². The molecule has 10 rings (SSSR count). The Bertz CT molecular complexity index is 2660. The molecule has 0 unspecified atom stereocenters. The highest BCUT2D eigenvalue weighted by molar-refractivity contribution is 5.96. The molecule has 8 aromatic rings. The van der Waals surface area contributed by atoms with Crippen molar-refractivity contribution in [2.75, 3.05) is 4.90 Å². The molecule has 0 saturated heterocycles. The minimum atomic E-state index is -0.112. The van der Waals surface area contributed by atoms with Crippen molar-refractivity contribution < 1.29 is 0 Å². The van der Waals surface area contributed by atoms with Gasteiger partial charge in [0.25, 0.3) is 0 Å². The van der Waals surface area contributed by atoms with Crippen molar-refractivity contribution in [2.45, 2.75) is 57.3 Å². The van der Waals surface area contributed by atoms with Crippen molar-refractivity contribution in [3.8, 4) is 55.6 Å². The van der Waals surface area contributed by atoms with E-state index in [4.69, 9.17) is 0 Å². The smallest absolute Gasteiger partial charge is 0.0540 e. The summed E-state index contributed by atoms with van der Waals surface area (Å²) in [6, 6.07) is 72.1. The predicted molar refractivity (Wildman–Crippen MR) is 246 cm³/mol. The molecule has 0 N–H and O–H groups in total. The maximum Gasteiger partial charge on any atom is 0.0540 e. The second-order valence-electron chi connectivity index (χ2n) is 16.7. The molecule has 0 amide bonds. The lowest BCUT2D eigenvalue weighted by Crippen LogP contribution is -2.17. The molecule has 0 spiro atoms. The number of para-hydroxylation sites is 1. The molecule has 0 aromatic heterocycles. The van der Waals surface area contributed by atoms with E-state index in [-0.39, 0.29) is 5.41 Å². The molecule has 0 radical (unpaired) electrons. The van der Waals surface area contributed by atoms with Crippen LogP contribution in [0.25, 0.3) is 55.6 Å². The predicted octanol–water partition coefficient (Wildman–Crippen LogP) is 16.2. The quantitative estimate of drug-likeness (QED) is 0.150. The summed E-state index contributed by atoms with van der Waals surface area (Å²) in [4.78, 5) is 2.51. The fourth-order valence-corrected chi connectivity index (χ4v) is 10.0. The number of hydrogen-bond acceptors (Lipinski definition) is 1. The fourth-order valence-electron chi connectivity index (χ4n) is 10.0. The third-order valence-electron chi connectivity index (χ3n) is 12.9. The number of benzene rings is 8. The maximum absolute atomic E-state index is 2.51. The van der Waals surface area contributed by atoms with Gasteiger partial charge in [-0.2, -0.15) is 0 Å². The third kappa shape index (κ3) is 6.36. The number of hydrogen-bond donors (Lipinski definition) is 0. The summed E-state index contributed by atoms with van der Waals surface area (Å²) >= 11 is 0. The van der Waals surface area contributed by atoms with Crippen LogP contribution in [0.4, 0.5) is 17.1 Å². The Kier molecular flexibility index (Phi) is 9.38. The minimum absolute atomic E-state index is 0.112. The Morgan fingerprint density at radius 2 is 0.931 bits per heavy atom. The molecule has 2 aliphatic rings. The summed E-state index contributed by atoms with van der Waals surface area (Å²) in [5.41, 5.74) is 20.3. The zero-order valence-electron chi connectivity index (χ0n) is 33.5. The highest BCUT2D eigenvalue weighted by Crippen LogP contribution is 2.52. The topological polar surface area (TPSA) is 3.24 Å². The monoisotopic (exact) mass is 747 g/mol. The Hall–Kier alpha value is -6.44. The van der Waals surface area contributed by atoms with Crippen LogP contribution in [-0.2, 0) is 5.41 Å². The molecule has 8 aromatic carbocycles. The van der Waals surface area contributed by atoms with Crippen LogP contribution < -0.4 is 4.90 Å². The van der Waals surface area contributed by atoms with Gasteiger partial charge in [-0.1, -0.05) is 197 Å². The van der Waals surface area contributed by atoms with Gasteiger partial charge in [-0.3, -0.25) is 0 Å². The molecule has 1 nitrogen and oxygen atoms in total. The first-order chi connectivity index (χ1) is 28.6. The Morgan fingerprint density at radius 3 is 1.62 bits per heavy atom. The number of anilines is 3. The Balaban J connectivity index is 1.16. The van der Waals surface area contributed by atoms with E-state index in [0.717, 1.165) is 5.69 Å². The van der Waals surface area contributed by atoms with E-state index in [1.54, 1.807) is 0 Å². The lowest BCUT2D eigenvalue weighted by Gasteiger charge is -2.31. The number of fused-ring (bicyclic) bond motifs is 3. The highest BCUT2D eigenvalue weighted by atomic mass is 15.1. The first-order valence-electron chi connectivity index (χ1n) is 21.1. The molecule has 2 aliphatic carbocycles. The van der Waals surface area contributed by atoms with Crippen LogP contribution in [0, 0.1) is 0 Å². The Morgan fingerprint density at radius 1 is 0.397 bits per heavy atom. The molecule has 1 saturated carbocycles. The van der Waals surface area contributed by atoms with Gasteiger partial charge in [0.2, 0.25) is 0 Å². The lowest BCUT2D eigenvalue weighted by atomic mass is 9.80. The van der Waals surface area contributed by atoms with Gasteiger partial charge in [0.1, 0.15) is 0 Å². The maximum atomic E-state index is 2.51. The molecule has 0 atom stereocenters. The summed E-state index contributed by atoms with van der Waals surface area (Å²) in [6.07, 6.45) is 6.50. The van der Waals surface area contributed by atoms with E-state index in [9.17, 15) is 0 Å². The van der Waals surface area contributed by atoms with E-state index in [0.29, 0.717) is 5.92 Å². The van der Waals surface area contributed by atoms with Crippen molar-refractivity contribution in [1.29, 1.82) is 0 Å². The van der Waals surface area contributed by atoms with Gasteiger partial charge in [0, 0.05) is 22.4 Å². The van der Waals surface area contributed by atoms with Crippen molar-refractivity contribution in [2.24, 2.45) is 0 Å². The lowest BCUT2D eigenvalue weighted by molar-refractivity contribution is 0.444. The molecule has 1 heteroatoms. The van der Waals surface area contributed by atoms with Gasteiger partial charge >= 0.3 is 0 Å². The SMILES string of the molecule is CC1(C)c2ccccc2-c2ccc(N(c3ccc(-c4c(-c5ccccc5)cccc4-c4ccccc4)cc3)c3ccccc3-c3ccccc3C3CCCCC3)cc21. The molecule has 1 fully saturated rings. The molecule has 0 heterocycles. The molecule has 0 aliphatic heterocycles. The molecule has 58 heavy (non-hydrogen) atoms. The zero-order valence-corrected chi connectivity index (χ0v) is 33.5. The largest absolute Gasteiger partial charge is 0.310 e. The fraction of sp³-hybridized carbons (Fsp3) is 0.158. The Labute approximate surface area is 344 Å². The first kappa shape index (κ1) is 35.9. The zero-order chi connectivity index (χ0) is 39.1. The van der Waals surface area contributed by atoms with Crippen LogP contribution >= 0.6 is 0 Å². The van der Waals surface area contributed by atoms with E-state index in [1.807, 2.05) is 0 Å². The van der Waals surface area contributed by atoms with Crippen LogP contribution in [0.3, 0.4) is 0 Å². The highest BCUT2D eigenvalue weighted by Gasteiger charge is 2.36. The minimum Gasteiger partial charge on any atom is -0.310 e. The first-order valence-corrected chi connectivity index (χ1v) is 21.1. The molecule has 0 bridgehead atoms. The van der Waals surface area contributed by atoms with Crippen LogP contribution in [0.15, 0.2) is 194 Å². The van der Waals surface area contributed by atoms with Crippen molar-refractivity contribution in [3.63, 3.8) is 0 Å². The average Bonchev–Trinajstić information content (AvgIpc) is 3.53. The van der Waals surface area contributed by atoms with Crippen LogP contribution in [-0.4, -0.2) is 0 Å². The van der Waals surface area contributed by atoms with Gasteiger partial charge in [0.15, 0.2) is 0 Å². The van der Waals surface area contributed by atoms with E-state index in [1.165, 1.54) is 116 Å². The second-order valence-corrected chi connectivity index (χ2v) is 16.7. The number of rotatable bonds is 8. The van der Waals surface area contributed by atoms with Crippen molar-refractivity contribution in [1.82, 2.24) is 0 Å². The summed E-state index contributed by atoms with van der Waals surface area (Å²) < 4.78 is 0.